The van der Waals surface area contributed by atoms with Crippen molar-refractivity contribution in [1.29, 1.82) is 0 Å². The van der Waals surface area contributed by atoms with Crippen molar-refractivity contribution < 1.29 is 22.7 Å². The quantitative estimate of drug-likeness (QED) is 0.830. The summed E-state index contributed by atoms with van der Waals surface area (Å²) >= 11 is 0. The molecule has 2 aliphatic rings. The summed E-state index contributed by atoms with van der Waals surface area (Å²) in [5, 5.41) is 2.88. The SMILES string of the molecule is O=C(CC1CC1)NC[C@@H]1Cc2cccc(-c3ccccc3C(F)(F)F)c2O1. The Hall–Kier alpha value is -2.50. The second-order valence-electron chi connectivity index (χ2n) is 7.23. The number of para-hydroxylation sites is 1. The number of benzene rings is 2. The molecule has 6 heteroatoms. The van der Waals surface area contributed by atoms with Crippen molar-refractivity contribution in [2.75, 3.05) is 6.54 Å². The van der Waals surface area contributed by atoms with Gasteiger partial charge in [0, 0.05) is 18.4 Å². The minimum Gasteiger partial charge on any atom is -0.487 e. The number of ether oxygens (including phenoxy) is 1. The van der Waals surface area contributed by atoms with Crippen LogP contribution in [0.3, 0.4) is 0 Å². The zero-order valence-electron chi connectivity index (χ0n) is 14.7. The number of fused-ring (bicyclic) bond motifs is 1. The van der Waals surface area contributed by atoms with Gasteiger partial charge in [0.25, 0.3) is 0 Å². The van der Waals surface area contributed by atoms with E-state index in [9.17, 15) is 18.0 Å². The van der Waals surface area contributed by atoms with Crippen LogP contribution in [0.4, 0.5) is 13.2 Å². The van der Waals surface area contributed by atoms with Gasteiger partial charge in [0.05, 0.1) is 12.1 Å². The predicted octanol–water partition coefficient (Wildman–Crippen LogP) is 4.59. The molecule has 0 saturated heterocycles. The van der Waals surface area contributed by atoms with Gasteiger partial charge in [-0.3, -0.25) is 4.79 Å². The van der Waals surface area contributed by atoms with Crippen molar-refractivity contribution in [2.45, 2.75) is 38.0 Å². The van der Waals surface area contributed by atoms with Crippen molar-refractivity contribution in [3.8, 4) is 16.9 Å². The largest absolute Gasteiger partial charge is 0.487 e. The van der Waals surface area contributed by atoms with Gasteiger partial charge in [-0.2, -0.15) is 13.2 Å². The molecule has 27 heavy (non-hydrogen) atoms. The van der Waals surface area contributed by atoms with Gasteiger partial charge in [-0.1, -0.05) is 36.4 Å². The molecular formula is C21H20F3NO2. The number of carbonyl (C=O) groups is 1. The second kappa shape index (κ2) is 6.91. The van der Waals surface area contributed by atoms with Crippen LogP contribution >= 0.6 is 0 Å². The third-order valence-corrected chi connectivity index (χ3v) is 5.05. The molecule has 1 aliphatic heterocycles. The topological polar surface area (TPSA) is 38.3 Å². The van der Waals surface area contributed by atoms with Gasteiger partial charge >= 0.3 is 6.18 Å². The van der Waals surface area contributed by atoms with Gasteiger partial charge in [-0.15, -0.1) is 0 Å². The van der Waals surface area contributed by atoms with Crippen LogP contribution in [0.15, 0.2) is 42.5 Å². The maximum absolute atomic E-state index is 13.4. The standard InChI is InChI=1S/C21H20F3NO2/c22-21(23,24)18-7-2-1-5-16(18)17-6-3-4-14-11-15(27-20(14)17)12-25-19(26)10-13-8-9-13/h1-7,13,15H,8-12H2,(H,25,26)/t15-/m0/s1. The number of carbonyl (C=O) groups excluding carboxylic acids is 1. The van der Waals surface area contributed by atoms with Crippen LogP contribution in [0.5, 0.6) is 5.75 Å². The molecule has 1 N–H and O–H groups in total. The van der Waals surface area contributed by atoms with Crippen LogP contribution < -0.4 is 10.1 Å². The number of rotatable bonds is 5. The molecule has 1 aliphatic carbocycles. The molecular weight excluding hydrogens is 355 g/mol. The molecule has 0 bridgehead atoms. The maximum Gasteiger partial charge on any atom is 0.417 e. The zero-order chi connectivity index (χ0) is 19.0. The molecule has 0 aromatic heterocycles. The summed E-state index contributed by atoms with van der Waals surface area (Å²) in [5.74, 6) is 1.01. The zero-order valence-corrected chi connectivity index (χ0v) is 14.7. The Kier molecular flexibility index (Phi) is 4.58. The van der Waals surface area contributed by atoms with E-state index in [0.29, 0.717) is 36.6 Å². The first-order valence-electron chi connectivity index (χ1n) is 9.13. The number of halogens is 3. The van der Waals surface area contributed by atoms with E-state index < -0.39 is 11.7 Å². The highest BCUT2D eigenvalue weighted by Crippen LogP contribution is 2.43. The number of amides is 1. The van der Waals surface area contributed by atoms with Crippen LogP contribution in [0.25, 0.3) is 11.1 Å². The molecule has 1 fully saturated rings. The van der Waals surface area contributed by atoms with E-state index in [1.54, 1.807) is 18.2 Å². The monoisotopic (exact) mass is 375 g/mol. The molecule has 142 valence electrons. The minimum absolute atomic E-state index is 0.0136. The summed E-state index contributed by atoms with van der Waals surface area (Å²) in [5.41, 5.74) is 0.738. The first kappa shape index (κ1) is 17.9. The van der Waals surface area contributed by atoms with Crippen molar-refractivity contribution in [2.24, 2.45) is 5.92 Å². The van der Waals surface area contributed by atoms with Crippen molar-refractivity contribution >= 4 is 5.91 Å². The number of alkyl halides is 3. The Morgan fingerprint density at radius 3 is 2.56 bits per heavy atom. The van der Waals surface area contributed by atoms with Gasteiger partial charge in [0.1, 0.15) is 11.9 Å². The Bertz CT molecular complexity index is 859. The van der Waals surface area contributed by atoms with Crippen LogP contribution in [0.1, 0.15) is 30.4 Å². The third kappa shape index (κ3) is 3.94. The number of hydrogen-bond acceptors (Lipinski definition) is 2. The molecule has 2 aromatic rings. The highest BCUT2D eigenvalue weighted by atomic mass is 19.4. The van der Waals surface area contributed by atoms with E-state index >= 15 is 0 Å². The van der Waals surface area contributed by atoms with Gasteiger partial charge in [0.15, 0.2) is 0 Å². The molecule has 4 rings (SSSR count). The third-order valence-electron chi connectivity index (χ3n) is 5.05. The summed E-state index contributed by atoms with van der Waals surface area (Å²) in [6, 6.07) is 10.8. The van der Waals surface area contributed by atoms with Crippen LogP contribution in [0, 0.1) is 5.92 Å². The molecule has 0 spiro atoms. The molecule has 2 aromatic carbocycles. The van der Waals surface area contributed by atoms with Crippen LogP contribution in [-0.2, 0) is 17.4 Å². The minimum atomic E-state index is -4.44. The molecule has 1 atom stereocenters. The highest BCUT2D eigenvalue weighted by molar-refractivity contribution is 5.77. The highest BCUT2D eigenvalue weighted by Gasteiger charge is 2.35. The lowest BCUT2D eigenvalue weighted by atomic mass is 9.96. The predicted molar refractivity (Wildman–Crippen MR) is 95.4 cm³/mol. The van der Waals surface area contributed by atoms with Gasteiger partial charge in [-0.05, 0) is 36.0 Å². The van der Waals surface area contributed by atoms with E-state index in [4.69, 9.17) is 4.74 Å². The Morgan fingerprint density at radius 1 is 1.07 bits per heavy atom. The summed E-state index contributed by atoms with van der Waals surface area (Å²) < 4.78 is 46.1. The van der Waals surface area contributed by atoms with Crippen LogP contribution in [-0.4, -0.2) is 18.6 Å². The Balaban J connectivity index is 1.53. The maximum atomic E-state index is 13.4. The fraction of sp³-hybridized carbons (Fsp3) is 0.381. The number of hydrogen-bond donors (Lipinski definition) is 1. The smallest absolute Gasteiger partial charge is 0.417 e. The summed E-state index contributed by atoms with van der Waals surface area (Å²) in [7, 11) is 0. The normalized spacial score (nSPS) is 18.7. The lowest BCUT2D eigenvalue weighted by Gasteiger charge is -2.16. The number of nitrogens with one attached hydrogen (secondary N) is 1. The van der Waals surface area contributed by atoms with Crippen molar-refractivity contribution in [3.05, 3.63) is 53.6 Å². The molecule has 0 unspecified atom stereocenters. The molecule has 1 amide bonds. The fourth-order valence-electron chi connectivity index (χ4n) is 3.51. The average molecular weight is 375 g/mol. The lowest BCUT2D eigenvalue weighted by Crippen LogP contribution is -2.34. The first-order valence-corrected chi connectivity index (χ1v) is 9.13. The summed E-state index contributed by atoms with van der Waals surface area (Å²) in [4.78, 5) is 11.9. The first-order chi connectivity index (χ1) is 12.9. The molecule has 1 heterocycles. The van der Waals surface area contributed by atoms with E-state index in [-0.39, 0.29) is 17.6 Å². The van der Waals surface area contributed by atoms with E-state index in [0.717, 1.165) is 24.5 Å². The van der Waals surface area contributed by atoms with E-state index in [1.807, 2.05) is 6.07 Å². The molecule has 3 nitrogen and oxygen atoms in total. The second-order valence-corrected chi connectivity index (χ2v) is 7.23. The average Bonchev–Trinajstić information content (AvgIpc) is 3.34. The van der Waals surface area contributed by atoms with Crippen LogP contribution in [0.2, 0.25) is 0 Å². The van der Waals surface area contributed by atoms with Crippen molar-refractivity contribution in [1.82, 2.24) is 5.32 Å². The van der Waals surface area contributed by atoms with E-state index in [2.05, 4.69) is 5.32 Å². The summed E-state index contributed by atoms with van der Waals surface area (Å²) in [6.07, 6.45) is -1.36. The molecule has 1 saturated carbocycles. The van der Waals surface area contributed by atoms with Gasteiger partial charge in [-0.25, -0.2) is 0 Å². The van der Waals surface area contributed by atoms with Gasteiger partial charge < -0.3 is 10.1 Å². The Morgan fingerprint density at radius 2 is 1.81 bits per heavy atom. The molecule has 0 radical (unpaired) electrons. The lowest BCUT2D eigenvalue weighted by molar-refractivity contribution is -0.137. The van der Waals surface area contributed by atoms with E-state index in [1.165, 1.54) is 12.1 Å². The summed E-state index contributed by atoms with van der Waals surface area (Å²) in [6.45, 7) is 0.362. The van der Waals surface area contributed by atoms with Crippen molar-refractivity contribution in [3.63, 3.8) is 0 Å². The van der Waals surface area contributed by atoms with Gasteiger partial charge in [0.2, 0.25) is 5.91 Å². The fourth-order valence-corrected chi connectivity index (χ4v) is 3.51. The Labute approximate surface area is 155 Å².